The Morgan fingerprint density at radius 1 is 1.17 bits per heavy atom. The van der Waals surface area contributed by atoms with Gasteiger partial charge in [-0.15, -0.1) is 11.3 Å². The van der Waals surface area contributed by atoms with Crippen LogP contribution in [0.5, 0.6) is 0 Å². The van der Waals surface area contributed by atoms with Crippen LogP contribution >= 0.6 is 34.5 Å². The number of hydrogen-bond donors (Lipinski definition) is 0. The van der Waals surface area contributed by atoms with E-state index >= 15 is 0 Å². The Bertz CT molecular complexity index is 543. The highest BCUT2D eigenvalue weighted by Crippen LogP contribution is 2.29. The fourth-order valence-corrected chi connectivity index (χ4v) is 3.14. The first-order chi connectivity index (χ1) is 8.47. The predicted octanol–water partition coefficient (Wildman–Crippen LogP) is 4.26. The minimum atomic E-state index is 0.209. The van der Waals surface area contributed by atoms with E-state index in [1.165, 1.54) is 0 Å². The quantitative estimate of drug-likeness (QED) is 0.795. The van der Waals surface area contributed by atoms with E-state index in [0.717, 1.165) is 16.3 Å². The highest BCUT2D eigenvalue weighted by molar-refractivity contribution is 7.09. The summed E-state index contributed by atoms with van der Waals surface area (Å²) in [5, 5.41) is 3.90. The van der Waals surface area contributed by atoms with Gasteiger partial charge < -0.3 is 0 Å². The van der Waals surface area contributed by atoms with Gasteiger partial charge in [-0.3, -0.25) is 0 Å². The van der Waals surface area contributed by atoms with Crippen molar-refractivity contribution in [2.75, 3.05) is 0 Å². The van der Waals surface area contributed by atoms with Crippen LogP contribution in [0.1, 0.15) is 41.9 Å². The van der Waals surface area contributed by atoms with Crippen LogP contribution in [0.4, 0.5) is 0 Å². The molecule has 0 amide bonds. The smallest absolute Gasteiger partial charge is 0.137 e. The fraction of sp³-hybridized carbons (Fsp3) is 0.417. The first kappa shape index (κ1) is 13.7. The molecule has 0 aliphatic carbocycles. The number of aryl methyl sites for hydroxylation is 1. The van der Waals surface area contributed by atoms with Crippen molar-refractivity contribution in [1.82, 2.24) is 15.0 Å². The largest absolute Gasteiger partial charge is 0.246 e. The summed E-state index contributed by atoms with van der Waals surface area (Å²) in [5.41, 5.74) is 1.75. The van der Waals surface area contributed by atoms with Crippen LogP contribution in [0.2, 0.25) is 10.3 Å². The number of hydrogen-bond acceptors (Lipinski definition) is 4. The molecule has 0 saturated heterocycles. The van der Waals surface area contributed by atoms with E-state index in [1.54, 1.807) is 11.3 Å². The van der Waals surface area contributed by atoms with Crippen LogP contribution < -0.4 is 0 Å². The van der Waals surface area contributed by atoms with Gasteiger partial charge in [-0.2, -0.15) is 0 Å². The number of aromatic nitrogens is 3. The zero-order valence-electron chi connectivity index (χ0n) is 10.4. The fourth-order valence-electron chi connectivity index (χ4n) is 1.66. The monoisotopic (exact) mass is 301 g/mol. The Morgan fingerprint density at radius 2 is 1.78 bits per heavy atom. The van der Waals surface area contributed by atoms with Crippen molar-refractivity contribution < 1.29 is 0 Å². The molecule has 2 heterocycles. The number of thiazole rings is 1. The van der Waals surface area contributed by atoms with Crippen LogP contribution in [0.3, 0.4) is 0 Å². The normalized spacial score (nSPS) is 11.2. The molecule has 0 aliphatic heterocycles. The number of halogens is 2. The molecule has 0 saturated carbocycles. The molecule has 0 unspecified atom stereocenters. The minimum absolute atomic E-state index is 0.209. The summed E-state index contributed by atoms with van der Waals surface area (Å²) in [6.07, 6.45) is 0.558. The van der Waals surface area contributed by atoms with Crippen molar-refractivity contribution in [2.24, 2.45) is 0 Å². The molecule has 2 rings (SSSR count). The summed E-state index contributed by atoms with van der Waals surface area (Å²) < 4.78 is 0. The van der Waals surface area contributed by atoms with Gasteiger partial charge in [-0.1, -0.05) is 37.0 Å². The van der Waals surface area contributed by atoms with E-state index in [2.05, 4.69) is 15.0 Å². The van der Waals surface area contributed by atoms with Crippen molar-refractivity contribution in [1.29, 1.82) is 0 Å². The highest BCUT2D eigenvalue weighted by Gasteiger charge is 2.15. The van der Waals surface area contributed by atoms with E-state index in [4.69, 9.17) is 23.2 Å². The highest BCUT2D eigenvalue weighted by atomic mass is 35.5. The van der Waals surface area contributed by atoms with E-state index in [-0.39, 0.29) is 5.92 Å². The van der Waals surface area contributed by atoms with Crippen molar-refractivity contribution >= 4 is 34.5 Å². The van der Waals surface area contributed by atoms with Gasteiger partial charge >= 0.3 is 0 Å². The van der Waals surface area contributed by atoms with Crippen LogP contribution in [0, 0.1) is 6.92 Å². The summed E-state index contributed by atoms with van der Waals surface area (Å²) in [4.78, 5) is 13.0. The van der Waals surface area contributed by atoms with Gasteiger partial charge in [0.25, 0.3) is 0 Å². The Kier molecular flexibility index (Phi) is 4.20. The second kappa shape index (κ2) is 5.51. The molecule has 0 aliphatic rings. The Hall–Kier alpha value is -0.710. The standard InChI is InChI=1S/C12H13Cl2N3S/c1-6(2)10-11(13)16-9(17-12(10)14)4-8-5-18-7(3)15-8/h5-6H,4H2,1-3H3. The third-order valence-electron chi connectivity index (χ3n) is 2.48. The maximum absolute atomic E-state index is 6.15. The average Bonchev–Trinajstić information content (AvgIpc) is 2.62. The Balaban J connectivity index is 2.30. The molecule has 0 radical (unpaired) electrons. The molecule has 2 aromatic rings. The van der Waals surface area contributed by atoms with Gasteiger partial charge in [-0.25, -0.2) is 15.0 Å². The summed E-state index contributed by atoms with van der Waals surface area (Å²) in [6, 6.07) is 0. The van der Waals surface area contributed by atoms with Gasteiger partial charge in [0.15, 0.2) is 0 Å². The number of nitrogens with zero attached hydrogens (tertiary/aromatic N) is 3. The van der Waals surface area contributed by atoms with Crippen LogP contribution in [0.15, 0.2) is 5.38 Å². The summed E-state index contributed by atoms with van der Waals surface area (Å²) >= 11 is 13.9. The lowest BCUT2D eigenvalue weighted by atomic mass is 10.1. The van der Waals surface area contributed by atoms with Crippen LogP contribution in [-0.2, 0) is 6.42 Å². The molecule has 0 atom stereocenters. The van der Waals surface area contributed by atoms with E-state index in [9.17, 15) is 0 Å². The van der Waals surface area contributed by atoms with Crippen molar-refractivity contribution in [2.45, 2.75) is 33.1 Å². The molecular weight excluding hydrogens is 289 g/mol. The van der Waals surface area contributed by atoms with Gasteiger partial charge in [0.05, 0.1) is 17.1 Å². The maximum Gasteiger partial charge on any atom is 0.137 e. The first-order valence-electron chi connectivity index (χ1n) is 5.60. The van der Waals surface area contributed by atoms with Crippen molar-refractivity contribution in [3.8, 4) is 0 Å². The molecule has 0 fully saturated rings. The lowest BCUT2D eigenvalue weighted by molar-refractivity contribution is 0.828. The Labute approximate surface area is 120 Å². The SMILES string of the molecule is Cc1nc(Cc2nc(Cl)c(C(C)C)c(Cl)n2)cs1. The summed E-state index contributed by atoms with van der Waals surface area (Å²) in [5.74, 6) is 0.820. The second-order valence-electron chi connectivity index (χ2n) is 4.32. The average molecular weight is 302 g/mol. The van der Waals surface area contributed by atoms with Gasteiger partial charge in [-0.05, 0) is 12.8 Å². The molecule has 3 nitrogen and oxygen atoms in total. The maximum atomic E-state index is 6.15. The summed E-state index contributed by atoms with van der Waals surface area (Å²) in [6.45, 7) is 6.00. The van der Waals surface area contributed by atoms with Crippen molar-refractivity contribution in [3.63, 3.8) is 0 Å². The van der Waals surface area contributed by atoms with Gasteiger partial charge in [0.1, 0.15) is 16.1 Å². The zero-order chi connectivity index (χ0) is 13.3. The predicted molar refractivity (Wildman–Crippen MR) is 75.8 cm³/mol. The van der Waals surface area contributed by atoms with Crippen molar-refractivity contribution in [3.05, 3.63) is 37.8 Å². The molecule has 0 spiro atoms. The third kappa shape index (κ3) is 2.99. The third-order valence-corrected chi connectivity index (χ3v) is 3.88. The summed E-state index contributed by atoms with van der Waals surface area (Å²) in [7, 11) is 0. The molecule has 0 bridgehead atoms. The zero-order valence-corrected chi connectivity index (χ0v) is 12.7. The lowest BCUT2D eigenvalue weighted by Crippen LogP contribution is -2.03. The van der Waals surface area contributed by atoms with E-state index in [1.807, 2.05) is 26.2 Å². The van der Waals surface area contributed by atoms with Gasteiger partial charge in [0.2, 0.25) is 0 Å². The van der Waals surface area contributed by atoms with Gasteiger partial charge in [0, 0.05) is 10.9 Å². The molecular formula is C12H13Cl2N3S. The molecule has 0 N–H and O–H groups in total. The molecule has 6 heteroatoms. The molecule has 2 aromatic heterocycles. The Morgan fingerprint density at radius 3 is 2.22 bits per heavy atom. The van der Waals surface area contributed by atoms with E-state index < -0.39 is 0 Å². The molecule has 0 aromatic carbocycles. The topological polar surface area (TPSA) is 38.7 Å². The van der Waals surface area contributed by atoms with Crippen LogP contribution in [0.25, 0.3) is 0 Å². The van der Waals surface area contributed by atoms with E-state index in [0.29, 0.717) is 22.6 Å². The van der Waals surface area contributed by atoms with Crippen LogP contribution in [-0.4, -0.2) is 15.0 Å². The second-order valence-corrected chi connectivity index (χ2v) is 6.10. The first-order valence-corrected chi connectivity index (χ1v) is 7.23. The minimum Gasteiger partial charge on any atom is -0.246 e. The number of rotatable bonds is 3. The lowest BCUT2D eigenvalue weighted by Gasteiger charge is -2.10. The molecule has 96 valence electrons. The molecule has 18 heavy (non-hydrogen) atoms.